The second-order valence-electron chi connectivity index (χ2n) is 5.29. The van der Waals surface area contributed by atoms with Gasteiger partial charge in [-0.15, -0.1) is 11.3 Å². The Morgan fingerprint density at radius 2 is 2.00 bits per heavy atom. The summed E-state index contributed by atoms with van der Waals surface area (Å²) in [5, 5.41) is 0. The fourth-order valence-electron chi connectivity index (χ4n) is 2.89. The number of thiophene rings is 1. The summed E-state index contributed by atoms with van der Waals surface area (Å²) in [5.74, 6) is 1.83. The molecule has 0 bridgehead atoms. The largest absolute Gasteiger partial charge is 0.145 e. The summed E-state index contributed by atoms with van der Waals surface area (Å²) in [6.45, 7) is 4.59. The molecule has 96 valence electrons. The SMILES string of the molecule is CCc1ccc(CC2CC(CC)CCC2Br)s1. The summed E-state index contributed by atoms with van der Waals surface area (Å²) < 4.78 is 0. The van der Waals surface area contributed by atoms with Crippen molar-refractivity contribution in [2.45, 2.75) is 57.2 Å². The lowest BCUT2D eigenvalue weighted by Crippen LogP contribution is -2.26. The van der Waals surface area contributed by atoms with E-state index in [1.54, 1.807) is 4.88 Å². The molecule has 2 heteroatoms. The highest BCUT2D eigenvalue weighted by atomic mass is 79.9. The van der Waals surface area contributed by atoms with Crippen LogP contribution in [0.5, 0.6) is 0 Å². The van der Waals surface area contributed by atoms with Gasteiger partial charge in [-0.25, -0.2) is 0 Å². The highest BCUT2D eigenvalue weighted by molar-refractivity contribution is 9.09. The van der Waals surface area contributed by atoms with Crippen molar-refractivity contribution in [3.63, 3.8) is 0 Å². The summed E-state index contributed by atoms with van der Waals surface area (Å²) in [7, 11) is 0. The van der Waals surface area contributed by atoms with E-state index in [1.165, 1.54) is 43.4 Å². The Kier molecular flexibility index (Phi) is 5.10. The molecule has 1 aliphatic carbocycles. The maximum atomic E-state index is 3.90. The summed E-state index contributed by atoms with van der Waals surface area (Å²) in [5.41, 5.74) is 0. The number of hydrogen-bond acceptors (Lipinski definition) is 1. The Balaban J connectivity index is 1.96. The van der Waals surface area contributed by atoms with Gasteiger partial charge in [-0.2, -0.15) is 0 Å². The topological polar surface area (TPSA) is 0 Å². The molecule has 0 amide bonds. The van der Waals surface area contributed by atoms with E-state index >= 15 is 0 Å². The Bertz CT molecular complexity index is 344. The van der Waals surface area contributed by atoms with Crippen molar-refractivity contribution in [1.29, 1.82) is 0 Å². The van der Waals surface area contributed by atoms with E-state index in [2.05, 4.69) is 41.9 Å². The van der Waals surface area contributed by atoms with Crippen LogP contribution in [0.25, 0.3) is 0 Å². The van der Waals surface area contributed by atoms with Crippen LogP contribution in [-0.2, 0) is 12.8 Å². The van der Waals surface area contributed by atoms with Crippen molar-refractivity contribution in [1.82, 2.24) is 0 Å². The van der Waals surface area contributed by atoms with Gasteiger partial charge in [0.05, 0.1) is 0 Å². The quantitative estimate of drug-likeness (QED) is 0.649. The van der Waals surface area contributed by atoms with Crippen LogP contribution in [0.3, 0.4) is 0 Å². The Morgan fingerprint density at radius 1 is 1.24 bits per heavy atom. The molecule has 1 aliphatic rings. The minimum Gasteiger partial charge on any atom is -0.145 e. The normalized spacial score (nSPS) is 29.5. The molecule has 3 unspecified atom stereocenters. The van der Waals surface area contributed by atoms with Crippen LogP contribution in [0.4, 0.5) is 0 Å². The zero-order valence-corrected chi connectivity index (χ0v) is 13.3. The van der Waals surface area contributed by atoms with Crippen LogP contribution < -0.4 is 0 Å². The number of hydrogen-bond donors (Lipinski definition) is 0. The van der Waals surface area contributed by atoms with E-state index < -0.39 is 0 Å². The molecule has 0 aliphatic heterocycles. The van der Waals surface area contributed by atoms with Gasteiger partial charge < -0.3 is 0 Å². The second kappa shape index (κ2) is 6.38. The van der Waals surface area contributed by atoms with E-state index in [0.717, 1.165) is 16.7 Å². The molecule has 0 N–H and O–H groups in total. The van der Waals surface area contributed by atoms with E-state index in [9.17, 15) is 0 Å². The first-order chi connectivity index (χ1) is 8.22. The monoisotopic (exact) mass is 314 g/mol. The molecular weight excluding hydrogens is 292 g/mol. The standard InChI is InChI=1S/C15H23BrS/c1-3-11-5-8-15(16)12(9-11)10-14-7-6-13(4-2)17-14/h6-7,11-12,15H,3-5,8-10H2,1-2H3. The lowest BCUT2D eigenvalue weighted by molar-refractivity contribution is 0.272. The van der Waals surface area contributed by atoms with Crippen molar-refractivity contribution < 1.29 is 0 Å². The Hall–Kier alpha value is 0.180. The number of alkyl halides is 1. The van der Waals surface area contributed by atoms with Gasteiger partial charge in [0.2, 0.25) is 0 Å². The van der Waals surface area contributed by atoms with E-state index in [0.29, 0.717) is 0 Å². The average Bonchev–Trinajstić information content (AvgIpc) is 2.80. The maximum absolute atomic E-state index is 3.90. The molecule has 0 saturated heterocycles. The van der Waals surface area contributed by atoms with E-state index in [-0.39, 0.29) is 0 Å². The smallest absolute Gasteiger partial charge is 0.0177 e. The molecule has 1 fully saturated rings. The molecule has 1 aromatic heterocycles. The van der Waals surface area contributed by atoms with Crippen LogP contribution in [0, 0.1) is 11.8 Å². The van der Waals surface area contributed by atoms with Crippen LogP contribution >= 0.6 is 27.3 Å². The first-order valence-electron chi connectivity index (χ1n) is 6.94. The lowest BCUT2D eigenvalue weighted by Gasteiger charge is -2.32. The fourth-order valence-corrected chi connectivity index (χ4v) is 4.60. The van der Waals surface area contributed by atoms with Gasteiger partial charge in [0.15, 0.2) is 0 Å². The third-order valence-corrected chi connectivity index (χ3v) is 6.56. The second-order valence-corrected chi connectivity index (χ2v) is 7.72. The van der Waals surface area contributed by atoms with E-state index in [1.807, 2.05) is 11.3 Å². The number of halogens is 1. The predicted molar refractivity (Wildman–Crippen MR) is 81.2 cm³/mol. The van der Waals surface area contributed by atoms with Crippen LogP contribution in [0.2, 0.25) is 0 Å². The van der Waals surface area contributed by atoms with Gasteiger partial charge >= 0.3 is 0 Å². The zero-order chi connectivity index (χ0) is 12.3. The van der Waals surface area contributed by atoms with Gasteiger partial charge in [-0.3, -0.25) is 0 Å². The van der Waals surface area contributed by atoms with Crippen molar-refractivity contribution in [3.05, 3.63) is 21.9 Å². The van der Waals surface area contributed by atoms with E-state index in [4.69, 9.17) is 0 Å². The molecule has 1 aromatic rings. The summed E-state index contributed by atoms with van der Waals surface area (Å²) in [4.78, 5) is 3.87. The van der Waals surface area contributed by atoms with Gasteiger partial charge in [0, 0.05) is 14.6 Å². The zero-order valence-electron chi connectivity index (χ0n) is 10.9. The Labute approximate surface area is 118 Å². The molecule has 0 aromatic carbocycles. The first kappa shape index (κ1) is 13.6. The average molecular weight is 315 g/mol. The molecule has 1 saturated carbocycles. The van der Waals surface area contributed by atoms with Crippen LogP contribution in [-0.4, -0.2) is 4.83 Å². The number of rotatable bonds is 4. The predicted octanol–water partition coefficient (Wildman–Crippen LogP) is 5.44. The number of aryl methyl sites for hydroxylation is 1. The first-order valence-corrected chi connectivity index (χ1v) is 8.67. The van der Waals surface area contributed by atoms with Crippen molar-refractivity contribution in [3.8, 4) is 0 Å². The third-order valence-electron chi connectivity index (χ3n) is 4.10. The van der Waals surface area contributed by atoms with Gasteiger partial charge in [-0.05, 0) is 56.1 Å². The minimum atomic E-state index is 0.748. The van der Waals surface area contributed by atoms with Crippen molar-refractivity contribution >= 4 is 27.3 Å². The summed E-state index contributed by atoms with van der Waals surface area (Å²) >= 11 is 5.91. The lowest BCUT2D eigenvalue weighted by atomic mass is 9.78. The molecule has 0 radical (unpaired) electrons. The molecule has 3 atom stereocenters. The fraction of sp³-hybridized carbons (Fsp3) is 0.733. The summed E-state index contributed by atoms with van der Waals surface area (Å²) in [6.07, 6.45) is 8.05. The highest BCUT2D eigenvalue weighted by Crippen LogP contribution is 2.38. The molecule has 1 heterocycles. The van der Waals surface area contributed by atoms with Crippen molar-refractivity contribution in [2.24, 2.45) is 11.8 Å². The minimum absolute atomic E-state index is 0.748. The molecule has 2 rings (SSSR count). The molecule has 0 nitrogen and oxygen atoms in total. The Morgan fingerprint density at radius 3 is 2.65 bits per heavy atom. The van der Waals surface area contributed by atoms with Gasteiger partial charge in [0.1, 0.15) is 0 Å². The van der Waals surface area contributed by atoms with Crippen molar-refractivity contribution in [2.75, 3.05) is 0 Å². The maximum Gasteiger partial charge on any atom is 0.0177 e. The van der Waals surface area contributed by atoms with Gasteiger partial charge in [-0.1, -0.05) is 36.2 Å². The molecule has 17 heavy (non-hydrogen) atoms. The highest BCUT2D eigenvalue weighted by Gasteiger charge is 2.28. The summed E-state index contributed by atoms with van der Waals surface area (Å²) in [6, 6.07) is 4.65. The third kappa shape index (κ3) is 3.57. The molecular formula is C15H23BrS. The van der Waals surface area contributed by atoms with Gasteiger partial charge in [0.25, 0.3) is 0 Å². The van der Waals surface area contributed by atoms with Crippen LogP contribution in [0.15, 0.2) is 12.1 Å². The molecule has 0 spiro atoms. The van der Waals surface area contributed by atoms with Crippen LogP contribution in [0.1, 0.15) is 49.3 Å².